The maximum absolute atomic E-state index is 9.72. The highest BCUT2D eigenvalue weighted by Gasteiger charge is 2.23. The van der Waals surface area contributed by atoms with Crippen molar-refractivity contribution in [2.75, 3.05) is 12.8 Å². The number of tetrazole rings is 1. The molecule has 38 heavy (non-hydrogen) atoms. The van der Waals surface area contributed by atoms with Gasteiger partial charge in [-0.25, -0.2) is 29.6 Å². The molecule has 0 atom stereocenters. The van der Waals surface area contributed by atoms with Gasteiger partial charge in [-0.1, -0.05) is 24.3 Å². The van der Waals surface area contributed by atoms with E-state index < -0.39 is 0 Å². The summed E-state index contributed by atoms with van der Waals surface area (Å²) in [7, 11) is 1.53. The number of hydrogen-bond acceptors (Lipinski definition) is 12. The van der Waals surface area contributed by atoms with E-state index in [2.05, 4.69) is 46.6 Å². The van der Waals surface area contributed by atoms with Crippen molar-refractivity contribution in [2.24, 2.45) is 0 Å². The number of anilines is 1. The minimum Gasteiger partial charge on any atom is -0.481 e. The van der Waals surface area contributed by atoms with Gasteiger partial charge in [-0.15, -0.1) is 10.2 Å². The van der Waals surface area contributed by atoms with Crippen molar-refractivity contribution in [3.8, 4) is 46.0 Å². The summed E-state index contributed by atoms with van der Waals surface area (Å²) < 4.78 is 8.17. The lowest BCUT2D eigenvalue weighted by molar-refractivity contribution is 0.398. The zero-order valence-electron chi connectivity index (χ0n) is 19.8. The first kappa shape index (κ1) is 22.6. The molecule has 0 aliphatic heterocycles. The zero-order valence-corrected chi connectivity index (χ0v) is 19.8. The first-order chi connectivity index (χ1) is 18.7. The summed E-state index contributed by atoms with van der Waals surface area (Å²) in [4.78, 5) is 22.2. The topological polar surface area (TPSA) is 184 Å². The maximum Gasteiger partial charge on any atom is 0.223 e. The highest BCUT2D eigenvalue weighted by molar-refractivity contribution is 5.90. The molecule has 6 rings (SSSR count). The monoisotopic (exact) mass is 503 g/mol. The average molecular weight is 503 g/mol. The van der Waals surface area contributed by atoms with Gasteiger partial charge in [-0.3, -0.25) is 0 Å². The van der Waals surface area contributed by atoms with Crippen LogP contribution < -0.4 is 10.5 Å². The molecular formula is C24H17N13O. The number of aromatic nitrogens is 11. The Morgan fingerprint density at radius 2 is 1.92 bits per heavy atom. The molecule has 2 N–H and O–H groups in total. The first-order valence-corrected chi connectivity index (χ1v) is 11.2. The first-order valence-electron chi connectivity index (χ1n) is 11.2. The number of methoxy groups -OCH3 is 1. The fourth-order valence-corrected chi connectivity index (χ4v) is 4.01. The lowest BCUT2D eigenvalue weighted by Crippen LogP contribution is -2.08. The molecule has 184 valence electrons. The van der Waals surface area contributed by atoms with Gasteiger partial charge < -0.3 is 10.5 Å². The maximum atomic E-state index is 9.72. The highest BCUT2D eigenvalue weighted by atomic mass is 16.5. The van der Waals surface area contributed by atoms with Gasteiger partial charge in [0.25, 0.3) is 0 Å². The second-order valence-electron chi connectivity index (χ2n) is 7.93. The number of nitrogens with two attached hydrogens (primary N) is 1. The van der Waals surface area contributed by atoms with Crippen LogP contribution in [-0.4, -0.2) is 61.9 Å². The molecule has 0 saturated carbocycles. The number of rotatable bonds is 6. The van der Waals surface area contributed by atoms with Crippen LogP contribution in [0, 0.1) is 11.3 Å². The van der Waals surface area contributed by atoms with E-state index in [0.29, 0.717) is 56.9 Å². The Kier molecular flexibility index (Phi) is 5.54. The van der Waals surface area contributed by atoms with Crippen LogP contribution in [0.15, 0.2) is 61.1 Å². The Hall–Kier alpha value is -5.84. The molecule has 0 amide bonds. The van der Waals surface area contributed by atoms with Gasteiger partial charge >= 0.3 is 0 Å². The van der Waals surface area contributed by atoms with Gasteiger partial charge in [0.2, 0.25) is 17.7 Å². The van der Waals surface area contributed by atoms with Gasteiger partial charge in [-0.05, 0) is 28.6 Å². The van der Waals surface area contributed by atoms with Crippen molar-refractivity contribution < 1.29 is 4.74 Å². The Bertz CT molecular complexity index is 1820. The Labute approximate surface area is 214 Å². The predicted molar refractivity (Wildman–Crippen MR) is 133 cm³/mol. The van der Waals surface area contributed by atoms with E-state index in [9.17, 15) is 5.26 Å². The SMILES string of the molecule is COc1cccc(-c2nnnn2Cc2nc3c(-c4ccncn4)c(-c4ccccc4C#N)nc(N)n3n2)n1. The predicted octanol–water partition coefficient (Wildman–Crippen LogP) is 1.81. The van der Waals surface area contributed by atoms with E-state index in [1.54, 1.807) is 48.7 Å². The molecule has 0 bridgehead atoms. The summed E-state index contributed by atoms with van der Waals surface area (Å²) in [6.45, 7) is 0.121. The molecule has 0 radical (unpaired) electrons. The van der Waals surface area contributed by atoms with Crippen LogP contribution in [0.1, 0.15) is 11.4 Å². The van der Waals surface area contributed by atoms with Crippen molar-refractivity contribution in [1.29, 1.82) is 5.26 Å². The van der Waals surface area contributed by atoms with Crippen molar-refractivity contribution >= 4 is 11.6 Å². The van der Waals surface area contributed by atoms with Crippen LogP contribution in [0.5, 0.6) is 5.88 Å². The highest BCUT2D eigenvalue weighted by Crippen LogP contribution is 2.35. The summed E-state index contributed by atoms with van der Waals surface area (Å²) >= 11 is 0. The van der Waals surface area contributed by atoms with E-state index in [1.165, 1.54) is 22.6 Å². The molecule has 0 saturated heterocycles. The van der Waals surface area contributed by atoms with E-state index in [1.807, 2.05) is 6.07 Å². The lowest BCUT2D eigenvalue weighted by Gasteiger charge is -2.12. The standard InChI is InChI=1S/C24H17N13O/c1-38-19-8-4-7-17(29-19)22-32-34-35-36(22)12-18-30-23-20(16-9-10-27-13-28-16)21(31-24(26)37(23)33-18)15-6-3-2-5-14(15)11-25/h2-10,13H,12H2,1H3,(H2,26,31). The van der Waals surface area contributed by atoms with Crippen LogP contribution in [-0.2, 0) is 6.54 Å². The molecule has 14 heteroatoms. The largest absolute Gasteiger partial charge is 0.481 e. The number of fused-ring (bicyclic) bond motifs is 1. The third kappa shape index (κ3) is 3.89. The summed E-state index contributed by atoms with van der Waals surface area (Å²) in [5.74, 6) is 1.30. The Morgan fingerprint density at radius 3 is 2.74 bits per heavy atom. The normalized spacial score (nSPS) is 10.9. The van der Waals surface area contributed by atoms with Gasteiger partial charge in [-0.2, -0.15) is 9.78 Å². The average Bonchev–Trinajstić information content (AvgIpc) is 3.61. The molecule has 0 aliphatic carbocycles. The van der Waals surface area contributed by atoms with Crippen LogP contribution >= 0.6 is 0 Å². The van der Waals surface area contributed by atoms with Crippen molar-refractivity contribution in [1.82, 2.24) is 54.7 Å². The molecule has 0 unspecified atom stereocenters. The summed E-state index contributed by atoms with van der Waals surface area (Å²) in [5.41, 5.74) is 9.84. The van der Waals surface area contributed by atoms with E-state index >= 15 is 0 Å². The van der Waals surface area contributed by atoms with Crippen molar-refractivity contribution in [3.63, 3.8) is 0 Å². The molecule has 0 fully saturated rings. The van der Waals surface area contributed by atoms with Gasteiger partial charge in [0.05, 0.1) is 35.7 Å². The number of nitrogen functional groups attached to an aromatic ring is 1. The second kappa shape index (κ2) is 9.32. The number of pyridine rings is 1. The number of ether oxygens (including phenoxy) is 1. The molecule has 0 aliphatic rings. The lowest BCUT2D eigenvalue weighted by atomic mass is 9.99. The molecule has 14 nitrogen and oxygen atoms in total. The van der Waals surface area contributed by atoms with Crippen LogP contribution in [0.3, 0.4) is 0 Å². The Balaban J connectivity index is 1.51. The minimum absolute atomic E-state index is 0.0886. The van der Waals surface area contributed by atoms with Crippen LogP contribution in [0.4, 0.5) is 5.95 Å². The van der Waals surface area contributed by atoms with Crippen LogP contribution in [0.25, 0.3) is 39.7 Å². The second-order valence-corrected chi connectivity index (χ2v) is 7.93. The third-order valence-electron chi connectivity index (χ3n) is 5.68. The summed E-state index contributed by atoms with van der Waals surface area (Å²) in [6.07, 6.45) is 3.04. The number of nitrogens with zero attached hydrogens (tertiary/aromatic N) is 12. The van der Waals surface area contributed by atoms with E-state index in [-0.39, 0.29) is 12.5 Å². The third-order valence-corrected chi connectivity index (χ3v) is 5.68. The molecule has 0 spiro atoms. The van der Waals surface area contributed by atoms with Gasteiger partial charge in [0.15, 0.2) is 11.5 Å². The molecule has 1 aromatic carbocycles. The van der Waals surface area contributed by atoms with Gasteiger partial charge in [0, 0.05) is 17.8 Å². The van der Waals surface area contributed by atoms with Gasteiger partial charge in [0.1, 0.15) is 18.6 Å². The number of hydrogen-bond donors (Lipinski definition) is 1. The molecule has 6 aromatic rings. The van der Waals surface area contributed by atoms with E-state index in [4.69, 9.17) is 15.5 Å². The Morgan fingerprint density at radius 1 is 1.03 bits per heavy atom. The summed E-state index contributed by atoms with van der Waals surface area (Å²) in [6, 6.07) is 16.4. The molecule has 5 heterocycles. The quantitative estimate of drug-likeness (QED) is 0.348. The summed E-state index contributed by atoms with van der Waals surface area (Å²) in [5, 5.41) is 26.3. The smallest absolute Gasteiger partial charge is 0.223 e. The van der Waals surface area contributed by atoms with E-state index in [0.717, 1.165) is 0 Å². The number of nitriles is 1. The molecular weight excluding hydrogens is 486 g/mol. The minimum atomic E-state index is 0.0886. The van der Waals surface area contributed by atoms with Crippen molar-refractivity contribution in [3.05, 3.63) is 72.4 Å². The van der Waals surface area contributed by atoms with Crippen LogP contribution in [0.2, 0.25) is 0 Å². The zero-order chi connectivity index (χ0) is 26.1. The molecule has 5 aromatic heterocycles. The fraction of sp³-hybridized carbons (Fsp3) is 0.0833. The fourth-order valence-electron chi connectivity index (χ4n) is 4.01. The number of benzene rings is 1. The van der Waals surface area contributed by atoms with Crippen molar-refractivity contribution in [2.45, 2.75) is 6.54 Å².